The summed E-state index contributed by atoms with van der Waals surface area (Å²) in [6, 6.07) is 0.663. The molecule has 0 aromatic carbocycles. The van der Waals surface area contributed by atoms with Crippen LogP contribution in [0, 0.1) is 0 Å². The average molecular weight is 172 g/mol. The molecule has 2 nitrogen and oxygen atoms in total. The quantitative estimate of drug-likeness (QED) is 0.588. The van der Waals surface area contributed by atoms with Gasteiger partial charge in [0, 0.05) is 12.6 Å². The first kappa shape index (κ1) is 11.9. The Hall–Kier alpha value is -0.0800. The van der Waals surface area contributed by atoms with Crippen LogP contribution >= 0.6 is 0 Å². The minimum absolute atomic E-state index is 0.663. The first-order valence-electron chi connectivity index (χ1n) is 5.13. The van der Waals surface area contributed by atoms with Gasteiger partial charge in [0.2, 0.25) is 0 Å². The van der Waals surface area contributed by atoms with Gasteiger partial charge in [0.1, 0.15) is 0 Å². The van der Waals surface area contributed by atoms with Crippen LogP contribution in [0.4, 0.5) is 0 Å². The Morgan fingerprint density at radius 2 is 1.92 bits per heavy atom. The zero-order chi connectivity index (χ0) is 9.40. The zero-order valence-electron chi connectivity index (χ0n) is 9.06. The summed E-state index contributed by atoms with van der Waals surface area (Å²) >= 11 is 0. The molecule has 74 valence electrons. The van der Waals surface area contributed by atoms with Crippen molar-refractivity contribution in [3.05, 3.63) is 0 Å². The van der Waals surface area contributed by atoms with Crippen LogP contribution in [0.2, 0.25) is 0 Å². The standard InChI is InChI=1S/C10H24N2/c1-5-7-11-9-10(3)12(4)8-6-2/h10-11H,5-9H2,1-4H3. The van der Waals surface area contributed by atoms with Crippen molar-refractivity contribution in [3.63, 3.8) is 0 Å². The van der Waals surface area contributed by atoms with Gasteiger partial charge in [0.05, 0.1) is 0 Å². The van der Waals surface area contributed by atoms with E-state index in [1.807, 2.05) is 0 Å². The van der Waals surface area contributed by atoms with E-state index < -0.39 is 0 Å². The number of nitrogens with zero attached hydrogens (tertiary/aromatic N) is 1. The summed E-state index contributed by atoms with van der Waals surface area (Å²) in [5, 5.41) is 3.43. The van der Waals surface area contributed by atoms with Crippen LogP contribution < -0.4 is 5.32 Å². The summed E-state index contributed by atoms with van der Waals surface area (Å²) in [4.78, 5) is 2.41. The van der Waals surface area contributed by atoms with E-state index in [1.165, 1.54) is 19.4 Å². The van der Waals surface area contributed by atoms with Gasteiger partial charge in [-0.2, -0.15) is 0 Å². The molecule has 0 fully saturated rings. The normalized spacial score (nSPS) is 13.8. The van der Waals surface area contributed by atoms with Crippen molar-refractivity contribution < 1.29 is 0 Å². The maximum absolute atomic E-state index is 3.43. The summed E-state index contributed by atoms with van der Waals surface area (Å²) in [5.41, 5.74) is 0. The zero-order valence-corrected chi connectivity index (χ0v) is 9.06. The van der Waals surface area contributed by atoms with E-state index in [2.05, 4.69) is 38.0 Å². The molecule has 1 atom stereocenters. The Morgan fingerprint density at radius 3 is 2.42 bits per heavy atom. The molecule has 0 aromatic heterocycles. The third-order valence-corrected chi connectivity index (χ3v) is 2.20. The summed E-state index contributed by atoms with van der Waals surface area (Å²) < 4.78 is 0. The van der Waals surface area contributed by atoms with Crippen molar-refractivity contribution in [1.82, 2.24) is 10.2 Å². The molecule has 0 spiro atoms. The second-order valence-corrected chi connectivity index (χ2v) is 3.53. The third-order valence-electron chi connectivity index (χ3n) is 2.20. The lowest BCUT2D eigenvalue weighted by molar-refractivity contribution is 0.251. The maximum atomic E-state index is 3.43. The molecule has 0 bridgehead atoms. The number of hydrogen-bond donors (Lipinski definition) is 1. The van der Waals surface area contributed by atoms with Crippen molar-refractivity contribution in [1.29, 1.82) is 0 Å². The fourth-order valence-corrected chi connectivity index (χ4v) is 1.22. The van der Waals surface area contributed by atoms with Crippen LogP contribution in [-0.4, -0.2) is 37.6 Å². The largest absolute Gasteiger partial charge is 0.315 e. The lowest BCUT2D eigenvalue weighted by atomic mass is 10.3. The van der Waals surface area contributed by atoms with Crippen molar-refractivity contribution >= 4 is 0 Å². The third kappa shape index (κ3) is 5.56. The molecule has 0 amide bonds. The Balaban J connectivity index is 3.35. The van der Waals surface area contributed by atoms with E-state index in [9.17, 15) is 0 Å². The Bertz CT molecular complexity index is 93.8. The molecular weight excluding hydrogens is 148 g/mol. The topological polar surface area (TPSA) is 15.3 Å². The predicted molar refractivity (Wildman–Crippen MR) is 55.5 cm³/mol. The van der Waals surface area contributed by atoms with Gasteiger partial charge in [-0.1, -0.05) is 13.8 Å². The second-order valence-electron chi connectivity index (χ2n) is 3.53. The molecule has 12 heavy (non-hydrogen) atoms. The van der Waals surface area contributed by atoms with Gasteiger partial charge in [0.25, 0.3) is 0 Å². The number of nitrogens with one attached hydrogen (secondary N) is 1. The monoisotopic (exact) mass is 172 g/mol. The first-order valence-corrected chi connectivity index (χ1v) is 5.13. The predicted octanol–water partition coefficient (Wildman–Crippen LogP) is 1.72. The molecule has 0 rings (SSSR count). The van der Waals surface area contributed by atoms with Crippen LogP contribution in [0.15, 0.2) is 0 Å². The molecule has 0 aliphatic heterocycles. The molecule has 0 heterocycles. The van der Waals surface area contributed by atoms with Gasteiger partial charge in [-0.25, -0.2) is 0 Å². The number of hydrogen-bond acceptors (Lipinski definition) is 2. The molecule has 0 radical (unpaired) electrons. The summed E-state index contributed by atoms with van der Waals surface area (Å²) in [6.07, 6.45) is 2.47. The van der Waals surface area contributed by atoms with Crippen LogP contribution in [0.1, 0.15) is 33.6 Å². The van der Waals surface area contributed by atoms with E-state index in [1.54, 1.807) is 0 Å². The highest BCUT2D eigenvalue weighted by molar-refractivity contribution is 4.65. The van der Waals surface area contributed by atoms with E-state index in [-0.39, 0.29) is 0 Å². The first-order chi connectivity index (χ1) is 5.72. The molecule has 2 heteroatoms. The van der Waals surface area contributed by atoms with Crippen LogP contribution in [0.25, 0.3) is 0 Å². The SMILES string of the molecule is CCCNCC(C)N(C)CCC. The van der Waals surface area contributed by atoms with E-state index in [4.69, 9.17) is 0 Å². The Morgan fingerprint density at radius 1 is 1.25 bits per heavy atom. The summed E-state index contributed by atoms with van der Waals surface area (Å²) in [6.45, 7) is 10.2. The Labute approximate surface area is 77.3 Å². The lowest BCUT2D eigenvalue weighted by Gasteiger charge is -2.24. The fourth-order valence-electron chi connectivity index (χ4n) is 1.22. The molecule has 1 N–H and O–H groups in total. The highest BCUT2D eigenvalue weighted by atomic mass is 15.1. The van der Waals surface area contributed by atoms with Gasteiger partial charge in [-0.05, 0) is 39.9 Å². The van der Waals surface area contributed by atoms with Gasteiger partial charge in [0.15, 0.2) is 0 Å². The Kier molecular flexibility index (Phi) is 7.51. The average Bonchev–Trinajstić information content (AvgIpc) is 2.05. The lowest BCUT2D eigenvalue weighted by Crippen LogP contribution is -2.38. The highest BCUT2D eigenvalue weighted by Crippen LogP contribution is 1.94. The molecular formula is C10H24N2. The smallest absolute Gasteiger partial charge is 0.0189 e. The van der Waals surface area contributed by atoms with Crippen LogP contribution in [0.3, 0.4) is 0 Å². The van der Waals surface area contributed by atoms with Crippen molar-refractivity contribution in [2.45, 2.75) is 39.7 Å². The van der Waals surface area contributed by atoms with Crippen molar-refractivity contribution in [2.75, 3.05) is 26.7 Å². The number of rotatable bonds is 7. The second kappa shape index (κ2) is 7.56. The van der Waals surface area contributed by atoms with Gasteiger partial charge < -0.3 is 10.2 Å². The molecule has 1 unspecified atom stereocenters. The highest BCUT2D eigenvalue weighted by Gasteiger charge is 2.05. The minimum Gasteiger partial charge on any atom is -0.315 e. The molecule has 0 aliphatic rings. The minimum atomic E-state index is 0.663. The van der Waals surface area contributed by atoms with Gasteiger partial charge in [-0.3, -0.25) is 0 Å². The molecule has 0 aliphatic carbocycles. The fraction of sp³-hybridized carbons (Fsp3) is 1.00. The molecule has 0 aromatic rings. The molecule has 0 saturated heterocycles. The molecule has 0 saturated carbocycles. The van der Waals surface area contributed by atoms with Crippen LogP contribution in [0.5, 0.6) is 0 Å². The van der Waals surface area contributed by atoms with Crippen LogP contribution in [-0.2, 0) is 0 Å². The van der Waals surface area contributed by atoms with E-state index in [0.717, 1.165) is 13.1 Å². The summed E-state index contributed by atoms with van der Waals surface area (Å²) in [7, 11) is 2.20. The van der Waals surface area contributed by atoms with Gasteiger partial charge in [-0.15, -0.1) is 0 Å². The van der Waals surface area contributed by atoms with Crippen molar-refractivity contribution in [3.8, 4) is 0 Å². The van der Waals surface area contributed by atoms with Crippen molar-refractivity contribution in [2.24, 2.45) is 0 Å². The number of likely N-dealkylation sites (N-methyl/N-ethyl adjacent to an activating group) is 1. The van der Waals surface area contributed by atoms with Gasteiger partial charge >= 0.3 is 0 Å². The maximum Gasteiger partial charge on any atom is 0.0189 e. The van der Waals surface area contributed by atoms with E-state index in [0.29, 0.717) is 6.04 Å². The van der Waals surface area contributed by atoms with E-state index >= 15 is 0 Å². The summed E-state index contributed by atoms with van der Waals surface area (Å²) in [5.74, 6) is 0.